The zero-order chi connectivity index (χ0) is 15.2. The van der Waals surface area contributed by atoms with Crippen molar-refractivity contribution in [2.24, 2.45) is 5.73 Å². The smallest absolute Gasteiger partial charge is 0.354 e. The van der Waals surface area contributed by atoms with Crippen LogP contribution in [0.25, 0.3) is 6.08 Å². The molecule has 0 aromatic heterocycles. The van der Waals surface area contributed by atoms with Crippen LogP contribution in [0.1, 0.15) is 42.9 Å². The fourth-order valence-corrected chi connectivity index (χ4v) is 2.69. The summed E-state index contributed by atoms with van der Waals surface area (Å²) in [6.45, 7) is 2.07. The van der Waals surface area contributed by atoms with Gasteiger partial charge in [0.05, 0.1) is 13.7 Å². The Balaban J connectivity index is 2.36. The van der Waals surface area contributed by atoms with Gasteiger partial charge in [0, 0.05) is 5.56 Å². The number of ether oxygens (including phenoxy) is 2. The van der Waals surface area contributed by atoms with Crippen molar-refractivity contribution in [3.63, 3.8) is 0 Å². The average molecular weight is 289 g/mol. The van der Waals surface area contributed by atoms with E-state index < -0.39 is 5.97 Å². The number of carbonyl (C=O) groups excluding carboxylic acids is 1. The van der Waals surface area contributed by atoms with Crippen molar-refractivity contribution in [2.75, 3.05) is 13.7 Å². The van der Waals surface area contributed by atoms with Gasteiger partial charge >= 0.3 is 5.97 Å². The van der Waals surface area contributed by atoms with E-state index in [2.05, 4.69) is 12.1 Å². The number of carbonyl (C=O) groups is 1. The zero-order valence-corrected chi connectivity index (χ0v) is 12.8. The molecule has 21 heavy (non-hydrogen) atoms. The molecule has 114 valence electrons. The van der Waals surface area contributed by atoms with E-state index in [0.717, 1.165) is 24.2 Å². The Morgan fingerprint density at radius 3 is 2.52 bits per heavy atom. The lowest BCUT2D eigenvalue weighted by molar-refractivity contribution is -0.138. The van der Waals surface area contributed by atoms with Crippen LogP contribution in [0.5, 0.6) is 5.75 Å². The second-order valence-electron chi connectivity index (χ2n) is 5.24. The van der Waals surface area contributed by atoms with E-state index in [-0.39, 0.29) is 5.70 Å². The lowest BCUT2D eigenvalue weighted by atomic mass is 9.98. The van der Waals surface area contributed by atoms with Gasteiger partial charge in [0.2, 0.25) is 0 Å². The number of hydrogen-bond donors (Lipinski definition) is 1. The molecule has 0 heterocycles. The van der Waals surface area contributed by atoms with Crippen molar-refractivity contribution in [1.29, 1.82) is 0 Å². The molecular weight excluding hydrogens is 266 g/mol. The fraction of sp³-hybridized carbons (Fsp3) is 0.471. The van der Waals surface area contributed by atoms with Gasteiger partial charge in [0.1, 0.15) is 11.4 Å². The number of fused-ring (bicyclic) bond motifs is 1. The van der Waals surface area contributed by atoms with Gasteiger partial charge in [0.25, 0.3) is 0 Å². The van der Waals surface area contributed by atoms with Gasteiger partial charge in [0.15, 0.2) is 0 Å². The Morgan fingerprint density at radius 1 is 1.24 bits per heavy atom. The summed E-state index contributed by atoms with van der Waals surface area (Å²) < 4.78 is 10.3. The molecule has 1 aromatic rings. The van der Waals surface area contributed by atoms with E-state index >= 15 is 0 Å². The van der Waals surface area contributed by atoms with Crippen LogP contribution in [0.4, 0.5) is 0 Å². The molecule has 1 aromatic carbocycles. The van der Waals surface area contributed by atoms with Crippen molar-refractivity contribution in [1.82, 2.24) is 0 Å². The maximum absolute atomic E-state index is 11.6. The Bertz CT molecular complexity index is 549. The molecular formula is C17H23NO3. The quantitative estimate of drug-likeness (QED) is 0.526. The average Bonchev–Trinajstić information content (AvgIpc) is 2.71. The first kappa shape index (κ1) is 15.4. The van der Waals surface area contributed by atoms with Gasteiger partial charge in [-0.1, -0.05) is 6.42 Å². The number of aryl methyl sites for hydroxylation is 2. The van der Waals surface area contributed by atoms with E-state index in [1.807, 2.05) is 0 Å². The predicted octanol–water partition coefficient (Wildman–Crippen LogP) is 2.83. The molecule has 1 aliphatic rings. The third-order valence-corrected chi connectivity index (χ3v) is 3.77. The van der Waals surface area contributed by atoms with Crippen molar-refractivity contribution in [2.45, 2.75) is 39.0 Å². The maximum Gasteiger partial charge on any atom is 0.354 e. The number of nitrogens with two attached hydrogens (primary N) is 1. The van der Waals surface area contributed by atoms with Gasteiger partial charge in [-0.2, -0.15) is 0 Å². The molecule has 2 N–H and O–H groups in total. The molecule has 0 saturated heterocycles. The molecule has 0 unspecified atom stereocenters. The molecule has 0 fully saturated rings. The molecule has 4 heteroatoms. The first-order valence-corrected chi connectivity index (χ1v) is 7.49. The Kier molecular flexibility index (Phi) is 5.26. The summed E-state index contributed by atoms with van der Waals surface area (Å²) in [5.41, 5.74) is 9.41. The lowest BCUT2D eigenvalue weighted by Crippen LogP contribution is -2.14. The van der Waals surface area contributed by atoms with Gasteiger partial charge in [-0.3, -0.25) is 0 Å². The van der Waals surface area contributed by atoms with E-state index in [4.69, 9.17) is 15.2 Å². The van der Waals surface area contributed by atoms with Crippen molar-refractivity contribution in [3.05, 3.63) is 34.5 Å². The summed E-state index contributed by atoms with van der Waals surface area (Å²) in [7, 11) is 1.64. The minimum atomic E-state index is -0.491. The molecule has 0 aliphatic heterocycles. The summed E-state index contributed by atoms with van der Waals surface area (Å²) in [4.78, 5) is 11.6. The van der Waals surface area contributed by atoms with Crippen LogP contribution < -0.4 is 10.5 Å². The van der Waals surface area contributed by atoms with Gasteiger partial charge in [-0.25, -0.2) is 4.79 Å². The number of esters is 1. The van der Waals surface area contributed by atoms with Crippen LogP contribution in [0, 0.1) is 0 Å². The highest BCUT2D eigenvalue weighted by Crippen LogP contribution is 2.29. The first-order chi connectivity index (χ1) is 10.2. The third kappa shape index (κ3) is 3.78. The van der Waals surface area contributed by atoms with Crippen LogP contribution in [0.15, 0.2) is 17.8 Å². The van der Waals surface area contributed by atoms with E-state index in [1.54, 1.807) is 20.1 Å². The minimum absolute atomic E-state index is 0.101. The Labute approximate surface area is 125 Å². The maximum atomic E-state index is 11.6. The highest BCUT2D eigenvalue weighted by molar-refractivity contribution is 5.93. The highest BCUT2D eigenvalue weighted by Gasteiger charge is 2.14. The molecule has 1 aliphatic carbocycles. The molecule has 4 nitrogen and oxygen atoms in total. The largest absolute Gasteiger partial charge is 0.496 e. The van der Waals surface area contributed by atoms with Gasteiger partial charge < -0.3 is 15.2 Å². The molecule has 0 saturated carbocycles. The van der Waals surface area contributed by atoms with E-state index in [9.17, 15) is 4.79 Å². The monoisotopic (exact) mass is 289 g/mol. The summed E-state index contributed by atoms with van der Waals surface area (Å²) >= 11 is 0. The molecule has 0 atom stereocenters. The molecule has 0 bridgehead atoms. The summed E-state index contributed by atoms with van der Waals surface area (Å²) in [5.74, 6) is 0.261. The Morgan fingerprint density at radius 2 is 1.90 bits per heavy atom. The van der Waals surface area contributed by atoms with Crippen molar-refractivity contribution >= 4 is 12.0 Å². The second-order valence-corrected chi connectivity index (χ2v) is 5.24. The standard InChI is InChI=1S/C17H23NO3/c1-3-21-17(19)15(18)10-14-9-12-7-5-4-6-8-13(12)11-16(14)20-2/h9-11H,3-8,18H2,1-2H3/b15-10-. The normalized spacial score (nSPS) is 15.0. The number of benzene rings is 1. The van der Waals surface area contributed by atoms with E-state index in [0.29, 0.717) is 6.61 Å². The summed E-state index contributed by atoms with van der Waals surface area (Å²) in [5, 5.41) is 0. The SMILES string of the molecule is CCOC(=O)/C(N)=C/c1cc2c(cc1OC)CCCCC2. The van der Waals surface area contributed by atoms with Crippen LogP contribution in [-0.2, 0) is 22.4 Å². The number of methoxy groups -OCH3 is 1. The summed E-state index contributed by atoms with van der Waals surface area (Å²) in [6, 6.07) is 4.16. The van der Waals surface area contributed by atoms with Crippen LogP contribution >= 0.6 is 0 Å². The molecule has 0 amide bonds. The number of hydrogen-bond acceptors (Lipinski definition) is 4. The molecule has 0 spiro atoms. The second kappa shape index (κ2) is 7.16. The predicted molar refractivity (Wildman–Crippen MR) is 83.1 cm³/mol. The van der Waals surface area contributed by atoms with Crippen LogP contribution in [0.2, 0.25) is 0 Å². The van der Waals surface area contributed by atoms with Crippen molar-refractivity contribution < 1.29 is 14.3 Å². The third-order valence-electron chi connectivity index (χ3n) is 3.77. The lowest BCUT2D eigenvalue weighted by Gasteiger charge is -2.12. The highest BCUT2D eigenvalue weighted by atomic mass is 16.5. The summed E-state index contributed by atoms with van der Waals surface area (Å²) in [6.07, 6.45) is 7.48. The van der Waals surface area contributed by atoms with Crippen LogP contribution in [-0.4, -0.2) is 19.7 Å². The Hall–Kier alpha value is -1.97. The van der Waals surface area contributed by atoms with Gasteiger partial charge in [-0.05, 0) is 61.9 Å². The molecule has 2 rings (SSSR count). The fourth-order valence-electron chi connectivity index (χ4n) is 2.69. The first-order valence-electron chi connectivity index (χ1n) is 7.49. The topological polar surface area (TPSA) is 61.5 Å². The molecule has 0 radical (unpaired) electrons. The van der Waals surface area contributed by atoms with Gasteiger partial charge in [-0.15, -0.1) is 0 Å². The van der Waals surface area contributed by atoms with E-state index in [1.165, 1.54) is 30.4 Å². The minimum Gasteiger partial charge on any atom is -0.496 e. The van der Waals surface area contributed by atoms with Crippen molar-refractivity contribution in [3.8, 4) is 5.75 Å². The van der Waals surface area contributed by atoms with Crippen LogP contribution in [0.3, 0.4) is 0 Å². The number of rotatable bonds is 4. The zero-order valence-electron chi connectivity index (χ0n) is 12.8.